The Bertz CT molecular complexity index is 3000. The summed E-state index contributed by atoms with van der Waals surface area (Å²) < 4.78 is 80.1. The maximum absolute atomic E-state index is 13.3. The predicted octanol–water partition coefficient (Wildman–Crippen LogP) is 12.8. The largest absolute Gasteiger partial charge is 0.478 e. The van der Waals surface area contributed by atoms with Crippen molar-refractivity contribution in [1.82, 2.24) is 30.2 Å². The molecule has 3 amide bonds. The van der Waals surface area contributed by atoms with Gasteiger partial charge in [0.05, 0.1) is 34.3 Å². The van der Waals surface area contributed by atoms with E-state index in [0.717, 1.165) is 40.1 Å². The zero-order chi connectivity index (χ0) is 56.4. The summed E-state index contributed by atoms with van der Waals surface area (Å²) in [5.74, 6) is -0.730. The lowest BCUT2D eigenvalue weighted by molar-refractivity contribution is -0.142. The molecule has 4 aromatic carbocycles. The number of nitrogens with one attached hydrogen (secondary N) is 3. The van der Waals surface area contributed by atoms with Gasteiger partial charge in [0, 0.05) is 53.5 Å². The van der Waals surface area contributed by atoms with E-state index < -0.39 is 47.2 Å². The molecule has 0 aliphatic carbocycles. The number of nitrogens with zero attached hydrogens (tertiary/aromatic N) is 4. The van der Waals surface area contributed by atoms with Gasteiger partial charge in [-0.3, -0.25) is 23.7 Å². The number of anilines is 2. The van der Waals surface area contributed by atoms with Gasteiger partial charge in [-0.1, -0.05) is 36.4 Å². The van der Waals surface area contributed by atoms with Crippen LogP contribution in [0.3, 0.4) is 0 Å². The first-order chi connectivity index (χ1) is 34.8. The molecular formula is C52H58F6I2N8O5S2. The molecule has 23 heteroatoms. The minimum absolute atomic E-state index is 0.0318. The molecule has 0 bridgehead atoms. The van der Waals surface area contributed by atoms with Crippen LogP contribution >= 0.6 is 68.7 Å². The molecule has 2 aromatic heterocycles. The van der Waals surface area contributed by atoms with Crippen LogP contribution in [-0.2, 0) is 12.4 Å². The van der Waals surface area contributed by atoms with E-state index in [9.17, 15) is 45.5 Å². The highest BCUT2D eigenvalue weighted by Gasteiger charge is 2.35. The van der Waals surface area contributed by atoms with E-state index in [2.05, 4.69) is 26.1 Å². The summed E-state index contributed by atoms with van der Waals surface area (Å²) in [6.45, 7) is 14.9. The van der Waals surface area contributed by atoms with Crippen LogP contribution < -0.4 is 21.7 Å². The smallest absolute Gasteiger partial charge is 0.435 e. The maximum Gasteiger partial charge on any atom is 0.435 e. The molecule has 13 nitrogen and oxygen atoms in total. The topological polar surface area (TPSA) is 186 Å². The number of hydrogen-bond donors (Lipinski definition) is 5. The Morgan fingerprint density at radius 2 is 1.05 bits per heavy atom. The van der Waals surface area contributed by atoms with Gasteiger partial charge in [0.15, 0.2) is 11.4 Å². The van der Waals surface area contributed by atoms with Gasteiger partial charge in [-0.15, -0.1) is 0 Å². The first kappa shape index (κ1) is 62.3. The molecule has 0 fully saturated rings. The molecule has 404 valence electrons. The molecule has 0 aliphatic rings. The second-order valence-corrected chi connectivity index (χ2v) is 22.6. The number of hydrogen-bond acceptors (Lipinski definition) is 9. The zero-order valence-corrected chi connectivity index (χ0v) is 48.5. The number of carbonyl (C=O) groups excluding carboxylic acids is 3. The number of benzene rings is 4. The van der Waals surface area contributed by atoms with Crippen LogP contribution in [0.25, 0.3) is 0 Å². The number of carboxylic acids is 1. The zero-order valence-electron chi connectivity index (χ0n) is 42.6. The number of nitrogens with two attached hydrogens (primary N) is 1. The maximum atomic E-state index is 13.3. The van der Waals surface area contributed by atoms with Crippen molar-refractivity contribution in [3.05, 3.63) is 160 Å². The van der Waals surface area contributed by atoms with Crippen LogP contribution in [0.4, 0.5) is 37.7 Å². The number of rotatable bonds is 15. The van der Waals surface area contributed by atoms with Gasteiger partial charge in [-0.05, 0) is 184 Å². The number of aromatic nitrogens is 4. The third kappa shape index (κ3) is 17.4. The lowest BCUT2D eigenvalue weighted by atomic mass is 10.0. The van der Waals surface area contributed by atoms with E-state index in [4.69, 9.17) is 10.8 Å². The molecule has 0 saturated carbocycles. The van der Waals surface area contributed by atoms with E-state index in [0.29, 0.717) is 29.8 Å². The fraction of sp³-hybridized carbons (Fsp3) is 0.346. The predicted molar refractivity (Wildman–Crippen MR) is 302 cm³/mol. The van der Waals surface area contributed by atoms with Gasteiger partial charge in [0.1, 0.15) is 0 Å². The molecule has 2 unspecified atom stereocenters. The molecule has 0 spiro atoms. The highest BCUT2D eigenvalue weighted by molar-refractivity contribution is 14.1. The fourth-order valence-corrected chi connectivity index (χ4v) is 10.4. The summed E-state index contributed by atoms with van der Waals surface area (Å²) in [6, 6.07) is 21.7. The number of carboxylic acid groups (broad SMARTS) is 1. The van der Waals surface area contributed by atoms with E-state index >= 15 is 0 Å². The third-order valence-corrected chi connectivity index (χ3v) is 15.0. The van der Waals surface area contributed by atoms with Gasteiger partial charge in [-0.2, -0.15) is 60.1 Å². The van der Waals surface area contributed by atoms with Gasteiger partial charge < -0.3 is 26.8 Å². The lowest BCUT2D eigenvalue weighted by Crippen LogP contribution is -2.46. The number of halogens is 8. The Labute approximate surface area is 467 Å². The average Bonchev–Trinajstić information content (AvgIpc) is 4.02. The van der Waals surface area contributed by atoms with Crippen LogP contribution in [0.2, 0.25) is 0 Å². The van der Waals surface area contributed by atoms with Gasteiger partial charge in [0.2, 0.25) is 0 Å². The normalized spacial score (nSPS) is 12.6. The SMILES string of the molecule is CSCC(C)(C)NC(=O)c1c(I)cccc1C(=O)Nc1ccc(C(C)n2ccc(C(F)(F)F)n2)cc1C.CSCC(C)(C)NC(=O)c1c(I)cccc1C(=O)O.Cc1cc(C(C)n2ccc(C(F)(F)F)n2)ccc1N. The monoisotopic (exact) mass is 1310 g/mol. The van der Waals surface area contributed by atoms with E-state index in [1.54, 1.807) is 105 Å². The summed E-state index contributed by atoms with van der Waals surface area (Å²) >= 11 is 7.27. The minimum atomic E-state index is -4.51. The van der Waals surface area contributed by atoms with E-state index in [1.807, 2.05) is 98.4 Å². The Hall–Kier alpha value is -5.28. The number of thioether (sulfide) groups is 2. The molecule has 2 heterocycles. The molecule has 6 N–H and O–H groups in total. The summed E-state index contributed by atoms with van der Waals surface area (Å²) in [5, 5.41) is 25.1. The van der Waals surface area contributed by atoms with Crippen molar-refractivity contribution < 1.29 is 50.6 Å². The second kappa shape index (κ2) is 26.2. The second-order valence-electron chi connectivity index (χ2n) is 18.5. The quantitative estimate of drug-likeness (QED) is 0.0376. The van der Waals surface area contributed by atoms with Crippen molar-refractivity contribution in [2.45, 2.75) is 90.9 Å². The van der Waals surface area contributed by atoms with Crippen LogP contribution in [0, 0.1) is 21.0 Å². The number of nitrogen functional groups attached to an aromatic ring is 1. The Morgan fingerprint density at radius 3 is 1.44 bits per heavy atom. The first-order valence-corrected chi connectivity index (χ1v) is 27.7. The molecule has 6 rings (SSSR count). The lowest BCUT2D eigenvalue weighted by Gasteiger charge is -2.26. The molecule has 0 aliphatic heterocycles. The van der Waals surface area contributed by atoms with Crippen molar-refractivity contribution in [2.75, 3.05) is 35.1 Å². The van der Waals surface area contributed by atoms with Crippen molar-refractivity contribution >= 4 is 104 Å². The van der Waals surface area contributed by atoms with E-state index in [1.165, 1.54) is 27.8 Å². The first-order valence-electron chi connectivity index (χ1n) is 22.8. The average molecular weight is 1310 g/mol. The third-order valence-electron chi connectivity index (χ3n) is 11.2. The van der Waals surface area contributed by atoms with Gasteiger partial charge in [-0.25, -0.2) is 4.79 Å². The highest BCUT2D eigenvalue weighted by atomic mass is 127. The van der Waals surface area contributed by atoms with Crippen molar-refractivity contribution in [3.63, 3.8) is 0 Å². The Morgan fingerprint density at radius 1 is 0.640 bits per heavy atom. The molecule has 2 atom stereocenters. The molecule has 0 radical (unpaired) electrons. The molecule has 6 aromatic rings. The van der Waals surface area contributed by atoms with Crippen LogP contribution in [0.1, 0.15) is 129 Å². The van der Waals surface area contributed by atoms with Crippen LogP contribution in [0.15, 0.2) is 97.3 Å². The standard InChI is InChI=1S/C26H28F3IN4O2S.C13H14F3N3.C13H16INO3S/c1-15-13-17(16(2)34-12-11-21(33-34)26(27,28)29)9-10-20(15)31-23(35)18-7-6-8-19(30)22(18)24(36)32-25(3,4)14-37-5;1-8-7-10(3-4-11(8)17)9(2)19-6-5-12(18-19)13(14,15)16;1-13(2,7-19-3)15-11(16)10-8(12(17)18)5-4-6-9(10)14/h6-13,16H,14H2,1-5H3,(H,31,35)(H,32,36);3-7,9H,17H2,1-2H3;4-6H,7H2,1-3H3,(H,15,16)(H,17,18). The van der Waals surface area contributed by atoms with Gasteiger partial charge in [0.25, 0.3) is 17.7 Å². The highest BCUT2D eigenvalue weighted by Crippen LogP contribution is 2.32. The van der Waals surface area contributed by atoms with Crippen molar-refractivity contribution in [2.24, 2.45) is 0 Å². The van der Waals surface area contributed by atoms with E-state index in [-0.39, 0.29) is 40.1 Å². The number of aryl methyl sites for hydroxylation is 2. The number of amides is 3. The molecular weight excluding hydrogens is 1250 g/mol. The molecule has 75 heavy (non-hydrogen) atoms. The number of aromatic carboxylic acids is 1. The summed E-state index contributed by atoms with van der Waals surface area (Å²) in [6.07, 6.45) is -2.38. The summed E-state index contributed by atoms with van der Waals surface area (Å²) in [5.41, 5.74) is 8.26. The van der Waals surface area contributed by atoms with Crippen molar-refractivity contribution in [1.29, 1.82) is 0 Å². The fourth-order valence-electron chi connectivity index (χ4n) is 7.36. The minimum Gasteiger partial charge on any atom is -0.478 e. The summed E-state index contributed by atoms with van der Waals surface area (Å²) in [4.78, 5) is 49.9. The van der Waals surface area contributed by atoms with Crippen LogP contribution in [-0.4, -0.2) is 83.5 Å². The van der Waals surface area contributed by atoms with Crippen molar-refractivity contribution in [3.8, 4) is 0 Å². The molecule has 0 saturated heterocycles. The number of carbonyl (C=O) groups is 4. The summed E-state index contributed by atoms with van der Waals surface area (Å²) in [7, 11) is 0. The Kier molecular flexibility index (Phi) is 21.7. The van der Waals surface area contributed by atoms with Crippen LogP contribution in [0.5, 0.6) is 0 Å². The Balaban J connectivity index is 0.000000269. The van der Waals surface area contributed by atoms with Gasteiger partial charge >= 0.3 is 18.3 Å². The number of alkyl halides is 6.